The minimum absolute atomic E-state index is 0.0741. The van der Waals surface area contributed by atoms with Crippen molar-refractivity contribution in [2.24, 2.45) is 0 Å². The summed E-state index contributed by atoms with van der Waals surface area (Å²) in [5, 5.41) is 0. The molecular weight excluding hydrogens is 318 g/mol. The maximum Gasteiger partial charge on any atom is 0.254 e. The molecule has 0 aliphatic carbocycles. The van der Waals surface area contributed by atoms with Crippen molar-refractivity contribution >= 4 is 5.91 Å². The van der Waals surface area contributed by atoms with Crippen molar-refractivity contribution in [3.8, 4) is 17.2 Å². The average molecular weight is 343 g/mol. The molecule has 134 valence electrons. The standard InChI is InChI=1S/C20H25NO4/c1-6-21(14(2)15-8-7-9-17(10-15)23-3)20(22)16-11-18(24-4)13-19(12-16)25-5/h7-14H,6H2,1-5H3. The number of amides is 1. The molecule has 1 unspecified atom stereocenters. The van der Waals surface area contributed by atoms with Gasteiger partial charge in [0, 0.05) is 18.2 Å². The molecule has 2 rings (SSSR count). The molecule has 0 saturated carbocycles. The van der Waals surface area contributed by atoms with Crippen molar-refractivity contribution in [1.82, 2.24) is 4.90 Å². The van der Waals surface area contributed by atoms with Crippen LogP contribution in [0.4, 0.5) is 0 Å². The van der Waals surface area contributed by atoms with Crippen LogP contribution in [0.2, 0.25) is 0 Å². The van der Waals surface area contributed by atoms with Crippen LogP contribution in [0, 0.1) is 0 Å². The molecule has 0 bridgehead atoms. The number of nitrogens with zero attached hydrogens (tertiary/aromatic N) is 1. The van der Waals surface area contributed by atoms with Crippen LogP contribution >= 0.6 is 0 Å². The Bertz CT molecular complexity index is 707. The van der Waals surface area contributed by atoms with Crippen molar-refractivity contribution < 1.29 is 19.0 Å². The Morgan fingerprint density at radius 1 is 0.960 bits per heavy atom. The molecule has 0 radical (unpaired) electrons. The van der Waals surface area contributed by atoms with E-state index in [4.69, 9.17) is 14.2 Å². The highest BCUT2D eigenvalue weighted by Gasteiger charge is 2.22. The number of ether oxygens (including phenoxy) is 3. The number of carbonyl (C=O) groups excluding carboxylic acids is 1. The fraction of sp³-hybridized carbons (Fsp3) is 0.350. The van der Waals surface area contributed by atoms with E-state index in [-0.39, 0.29) is 11.9 Å². The lowest BCUT2D eigenvalue weighted by Gasteiger charge is -2.29. The molecule has 0 aromatic heterocycles. The van der Waals surface area contributed by atoms with Gasteiger partial charge in [-0.15, -0.1) is 0 Å². The van der Waals surface area contributed by atoms with E-state index in [1.807, 2.05) is 43.0 Å². The summed E-state index contributed by atoms with van der Waals surface area (Å²) in [6, 6.07) is 12.9. The summed E-state index contributed by atoms with van der Waals surface area (Å²) in [7, 11) is 4.77. The van der Waals surface area contributed by atoms with Crippen LogP contribution in [-0.2, 0) is 0 Å². The lowest BCUT2D eigenvalue weighted by Crippen LogP contribution is -2.33. The van der Waals surface area contributed by atoms with Crippen molar-refractivity contribution in [3.05, 3.63) is 53.6 Å². The molecule has 0 N–H and O–H groups in total. The minimum Gasteiger partial charge on any atom is -0.497 e. The van der Waals surface area contributed by atoms with E-state index < -0.39 is 0 Å². The first kappa shape index (κ1) is 18.6. The fourth-order valence-electron chi connectivity index (χ4n) is 2.77. The Balaban J connectivity index is 2.34. The second-order valence-corrected chi connectivity index (χ2v) is 5.65. The number of hydrogen-bond donors (Lipinski definition) is 0. The summed E-state index contributed by atoms with van der Waals surface area (Å²) in [5.41, 5.74) is 1.55. The molecule has 5 heteroatoms. The van der Waals surface area contributed by atoms with Gasteiger partial charge in [0.15, 0.2) is 0 Å². The van der Waals surface area contributed by atoms with Gasteiger partial charge in [0.05, 0.1) is 27.4 Å². The number of methoxy groups -OCH3 is 3. The number of carbonyl (C=O) groups is 1. The van der Waals surface area contributed by atoms with Gasteiger partial charge >= 0.3 is 0 Å². The summed E-state index contributed by atoms with van der Waals surface area (Å²) in [4.78, 5) is 14.9. The summed E-state index contributed by atoms with van der Waals surface area (Å²) in [6.07, 6.45) is 0. The molecule has 0 aliphatic heterocycles. The molecule has 0 fully saturated rings. The summed E-state index contributed by atoms with van der Waals surface area (Å²) < 4.78 is 15.8. The highest BCUT2D eigenvalue weighted by molar-refractivity contribution is 5.95. The van der Waals surface area contributed by atoms with Gasteiger partial charge in [-0.25, -0.2) is 0 Å². The summed E-state index contributed by atoms with van der Waals surface area (Å²) in [5.74, 6) is 1.88. The summed E-state index contributed by atoms with van der Waals surface area (Å²) in [6.45, 7) is 4.55. The summed E-state index contributed by atoms with van der Waals surface area (Å²) >= 11 is 0. The van der Waals surface area contributed by atoms with Crippen LogP contribution in [0.15, 0.2) is 42.5 Å². The maximum atomic E-state index is 13.1. The molecule has 1 atom stereocenters. The molecule has 0 heterocycles. The number of rotatable bonds is 7. The van der Waals surface area contributed by atoms with Gasteiger partial charge in [0.1, 0.15) is 17.2 Å². The van der Waals surface area contributed by atoms with Crippen LogP contribution in [0.25, 0.3) is 0 Å². The van der Waals surface area contributed by atoms with Crippen LogP contribution in [0.3, 0.4) is 0 Å². The van der Waals surface area contributed by atoms with Crippen LogP contribution in [0.5, 0.6) is 17.2 Å². The average Bonchev–Trinajstić information content (AvgIpc) is 2.67. The second kappa shape index (κ2) is 8.42. The molecular formula is C20H25NO4. The molecule has 0 saturated heterocycles. The smallest absolute Gasteiger partial charge is 0.254 e. The van der Waals surface area contributed by atoms with E-state index >= 15 is 0 Å². The van der Waals surface area contributed by atoms with Gasteiger partial charge in [-0.2, -0.15) is 0 Å². The third kappa shape index (κ3) is 4.24. The van der Waals surface area contributed by atoms with Crippen LogP contribution < -0.4 is 14.2 Å². The van der Waals surface area contributed by atoms with Gasteiger partial charge in [-0.05, 0) is 43.7 Å². The number of benzene rings is 2. The zero-order valence-electron chi connectivity index (χ0n) is 15.4. The highest BCUT2D eigenvalue weighted by Crippen LogP contribution is 2.28. The Morgan fingerprint density at radius 2 is 1.56 bits per heavy atom. The van der Waals surface area contributed by atoms with Crippen molar-refractivity contribution in [2.75, 3.05) is 27.9 Å². The first-order chi connectivity index (χ1) is 12.0. The Morgan fingerprint density at radius 3 is 2.08 bits per heavy atom. The minimum atomic E-state index is -0.0928. The third-order valence-corrected chi connectivity index (χ3v) is 4.24. The van der Waals surface area contributed by atoms with Crippen molar-refractivity contribution in [3.63, 3.8) is 0 Å². The molecule has 2 aromatic carbocycles. The maximum absolute atomic E-state index is 13.1. The normalized spacial score (nSPS) is 11.6. The monoisotopic (exact) mass is 343 g/mol. The van der Waals surface area contributed by atoms with Crippen LogP contribution in [-0.4, -0.2) is 38.7 Å². The first-order valence-electron chi connectivity index (χ1n) is 8.22. The first-order valence-corrected chi connectivity index (χ1v) is 8.22. The third-order valence-electron chi connectivity index (χ3n) is 4.24. The zero-order valence-corrected chi connectivity index (χ0v) is 15.4. The van der Waals surface area contributed by atoms with Gasteiger partial charge in [0.2, 0.25) is 0 Å². The predicted octanol–water partition coefficient (Wildman–Crippen LogP) is 3.94. The van der Waals surface area contributed by atoms with Crippen molar-refractivity contribution in [1.29, 1.82) is 0 Å². The topological polar surface area (TPSA) is 48.0 Å². The van der Waals surface area contributed by atoms with E-state index in [0.717, 1.165) is 11.3 Å². The molecule has 0 aliphatic rings. The van der Waals surface area contributed by atoms with E-state index in [0.29, 0.717) is 23.6 Å². The molecule has 0 spiro atoms. The fourth-order valence-corrected chi connectivity index (χ4v) is 2.77. The second-order valence-electron chi connectivity index (χ2n) is 5.65. The van der Waals surface area contributed by atoms with Crippen molar-refractivity contribution in [2.45, 2.75) is 19.9 Å². The van der Waals surface area contributed by atoms with Gasteiger partial charge in [0.25, 0.3) is 5.91 Å². The lowest BCUT2D eigenvalue weighted by atomic mass is 10.0. The number of hydrogen-bond acceptors (Lipinski definition) is 4. The zero-order chi connectivity index (χ0) is 18.4. The molecule has 2 aromatic rings. The van der Waals surface area contributed by atoms with Crippen LogP contribution in [0.1, 0.15) is 35.8 Å². The van der Waals surface area contributed by atoms with E-state index in [1.165, 1.54) is 0 Å². The van der Waals surface area contributed by atoms with E-state index in [9.17, 15) is 4.79 Å². The SMILES string of the molecule is CCN(C(=O)c1cc(OC)cc(OC)c1)C(C)c1cccc(OC)c1. The Labute approximate surface area is 149 Å². The van der Waals surface area contributed by atoms with Gasteiger partial charge in [-0.1, -0.05) is 12.1 Å². The Kier molecular flexibility index (Phi) is 6.28. The van der Waals surface area contributed by atoms with Gasteiger partial charge in [-0.3, -0.25) is 4.79 Å². The highest BCUT2D eigenvalue weighted by atomic mass is 16.5. The van der Waals surface area contributed by atoms with E-state index in [1.54, 1.807) is 39.5 Å². The predicted molar refractivity (Wildman–Crippen MR) is 97.7 cm³/mol. The molecule has 1 amide bonds. The molecule has 5 nitrogen and oxygen atoms in total. The van der Waals surface area contributed by atoms with E-state index in [2.05, 4.69) is 0 Å². The molecule has 25 heavy (non-hydrogen) atoms. The quantitative estimate of drug-likeness (QED) is 0.764. The lowest BCUT2D eigenvalue weighted by molar-refractivity contribution is 0.0701. The largest absolute Gasteiger partial charge is 0.497 e. The van der Waals surface area contributed by atoms with Gasteiger partial charge < -0.3 is 19.1 Å². The Hall–Kier alpha value is -2.69.